The van der Waals surface area contributed by atoms with Crippen molar-refractivity contribution >= 4 is 40.3 Å². The molecule has 0 fully saturated rings. The minimum Gasteiger partial charge on any atom is -0.381 e. The summed E-state index contributed by atoms with van der Waals surface area (Å²) in [5, 5.41) is 16.5. The zero-order chi connectivity index (χ0) is 29.1. The van der Waals surface area contributed by atoms with Crippen LogP contribution in [0.5, 0.6) is 0 Å². The van der Waals surface area contributed by atoms with Crippen molar-refractivity contribution in [2.75, 3.05) is 10.6 Å². The molecule has 0 saturated carbocycles. The van der Waals surface area contributed by atoms with E-state index < -0.39 is 11.9 Å². The van der Waals surface area contributed by atoms with Crippen molar-refractivity contribution in [2.24, 2.45) is 0 Å². The summed E-state index contributed by atoms with van der Waals surface area (Å²) in [5.74, 6) is 5.33. The zero-order valence-electron chi connectivity index (χ0n) is 22.6. The Labute approximate surface area is 240 Å². The second kappa shape index (κ2) is 11.4. The molecule has 1 atom stereocenters. The fraction of sp³-hybridized carbons (Fsp3) is 0.133. The van der Waals surface area contributed by atoms with Crippen LogP contribution in [0.1, 0.15) is 48.8 Å². The van der Waals surface area contributed by atoms with Gasteiger partial charge in [0, 0.05) is 29.3 Å². The number of nitrogens with one attached hydrogen (secondary N) is 1. The van der Waals surface area contributed by atoms with Crippen molar-refractivity contribution in [3.8, 4) is 11.8 Å². The van der Waals surface area contributed by atoms with E-state index in [4.69, 9.17) is 5.73 Å². The van der Waals surface area contributed by atoms with Gasteiger partial charge in [-0.15, -0.1) is 15.3 Å². The smallest absolute Gasteiger partial charge is 0.264 e. The van der Waals surface area contributed by atoms with E-state index in [0.717, 1.165) is 10.6 Å². The zero-order valence-corrected chi connectivity index (χ0v) is 23.4. The number of hydrogen-bond donors (Lipinski definition) is 2. The maximum atomic E-state index is 14.3. The minimum absolute atomic E-state index is 0.0451. The van der Waals surface area contributed by atoms with Crippen LogP contribution in [0, 0.1) is 25.7 Å². The van der Waals surface area contributed by atoms with E-state index in [-0.39, 0.29) is 17.3 Å². The third-order valence-electron chi connectivity index (χ3n) is 6.32. The summed E-state index contributed by atoms with van der Waals surface area (Å²) in [6, 6.07) is 15.6. The third kappa shape index (κ3) is 5.54. The van der Waals surface area contributed by atoms with Crippen molar-refractivity contribution in [2.45, 2.75) is 26.8 Å². The van der Waals surface area contributed by atoms with Crippen LogP contribution < -0.4 is 16.0 Å². The number of nitrogens with zero attached hydrogens (tertiary/aromatic N) is 6. The number of carbonyl (C=O) groups is 2. The van der Waals surface area contributed by atoms with E-state index in [1.54, 1.807) is 43.6 Å². The molecule has 5 rings (SSSR count). The largest absolute Gasteiger partial charge is 0.381 e. The van der Waals surface area contributed by atoms with Crippen molar-refractivity contribution in [3.05, 3.63) is 112 Å². The van der Waals surface area contributed by atoms with Crippen LogP contribution in [-0.2, 0) is 0 Å². The molecule has 0 aliphatic rings. The number of fused-ring (bicyclic) bond motifs is 1. The first-order valence-electron chi connectivity index (χ1n) is 12.6. The Morgan fingerprint density at radius 3 is 2.56 bits per heavy atom. The van der Waals surface area contributed by atoms with E-state index in [0.29, 0.717) is 33.2 Å². The van der Waals surface area contributed by atoms with E-state index in [2.05, 4.69) is 44.0 Å². The normalized spacial score (nSPS) is 11.4. The molecule has 0 bridgehead atoms. The van der Waals surface area contributed by atoms with Crippen LogP contribution in [0.4, 0.5) is 11.5 Å². The second-order valence-corrected chi connectivity index (χ2v) is 10.4. The number of hydrogen-bond acceptors (Lipinski definition) is 8. The molecule has 2 aromatic carbocycles. The SMILES string of the molecule is C=C([C@H](C)NC(=O)c1c(N)nn2cccnc12)N(C(=O)c1c(C)cccc1C#Cc1nnc(C)s1)c1ccccc1. The van der Waals surface area contributed by atoms with Gasteiger partial charge in [-0.25, -0.2) is 9.50 Å². The van der Waals surface area contributed by atoms with Crippen molar-refractivity contribution in [1.82, 2.24) is 30.1 Å². The van der Waals surface area contributed by atoms with Crippen LogP contribution >= 0.6 is 11.3 Å². The van der Waals surface area contributed by atoms with Gasteiger partial charge in [0.15, 0.2) is 16.5 Å². The maximum absolute atomic E-state index is 14.3. The van der Waals surface area contributed by atoms with Gasteiger partial charge in [0.1, 0.15) is 10.6 Å². The van der Waals surface area contributed by atoms with Crippen LogP contribution in [0.15, 0.2) is 79.3 Å². The fourth-order valence-electron chi connectivity index (χ4n) is 4.29. The van der Waals surface area contributed by atoms with Gasteiger partial charge in [0.05, 0.1) is 11.6 Å². The molecule has 10 nitrogen and oxygen atoms in total. The number of nitrogens with two attached hydrogens (primary N) is 1. The number of nitrogen functional groups attached to an aromatic ring is 1. The lowest BCUT2D eigenvalue weighted by molar-refractivity contribution is 0.0938. The molecule has 41 heavy (non-hydrogen) atoms. The maximum Gasteiger partial charge on any atom is 0.264 e. The topological polar surface area (TPSA) is 131 Å². The highest BCUT2D eigenvalue weighted by Crippen LogP contribution is 2.26. The summed E-state index contributed by atoms with van der Waals surface area (Å²) in [7, 11) is 0. The van der Waals surface area contributed by atoms with E-state index in [1.165, 1.54) is 20.8 Å². The summed E-state index contributed by atoms with van der Waals surface area (Å²) >= 11 is 1.38. The summed E-state index contributed by atoms with van der Waals surface area (Å²) in [6.45, 7) is 9.68. The highest BCUT2D eigenvalue weighted by Gasteiger charge is 2.29. The molecular formula is C30H26N8O2S. The lowest BCUT2D eigenvalue weighted by Crippen LogP contribution is -2.42. The number of anilines is 2. The van der Waals surface area contributed by atoms with Crippen LogP contribution in [0.25, 0.3) is 5.65 Å². The summed E-state index contributed by atoms with van der Waals surface area (Å²) < 4.78 is 1.44. The molecule has 0 radical (unpaired) electrons. The number of amides is 2. The van der Waals surface area contributed by atoms with Gasteiger partial charge < -0.3 is 11.1 Å². The van der Waals surface area contributed by atoms with Crippen molar-refractivity contribution in [1.29, 1.82) is 0 Å². The Morgan fingerprint density at radius 2 is 1.83 bits per heavy atom. The van der Waals surface area contributed by atoms with Crippen molar-refractivity contribution < 1.29 is 9.59 Å². The van der Waals surface area contributed by atoms with Crippen molar-refractivity contribution in [3.63, 3.8) is 0 Å². The fourth-order valence-corrected chi connectivity index (χ4v) is 4.84. The number of carbonyl (C=O) groups excluding carboxylic acids is 2. The molecule has 2 amide bonds. The van der Waals surface area contributed by atoms with Gasteiger partial charge in [0.2, 0.25) is 0 Å². The Morgan fingerprint density at radius 1 is 1.05 bits per heavy atom. The number of aromatic nitrogens is 5. The van der Waals surface area contributed by atoms with Gasteiger partial charge in [-0.3, -0.25) is 14.5 Å². The molecule has 0 aliphatic heterocycles. The van der Waals surface area contributed by atoms with E-state index >= 15 is 0 Å². The molecule has 3 N–H and O–H groups in total. The van der Waals surface area contributed by atoms with E-state index in [1.807, 2.05) is 44.2 Å². The average molecular weight is 563 g/mol. The standard InChI is InChI=1S/C30H26N8O2S/c1-18-10-8-11-22(14-15-24-35-34-21(4)41-24)25(18)30(40)38(23-12-6-5-7-13-23)20(3)19(2)33-29(39)26-27(31)36-37-17-9-16-32-28(26)37/h5-13,16-17,19H,3H2,1-2,4H3,(H2,31,36)(H,33,39)/t19-/m0/s1. The number of aryl methyl sites for hydroxylation is 2. The Bertz CT molecular complexity index is 1850. The van der Waals surface area contributed by atoms with Gasteiger partial charge in [0.25, 0.3) is 11.8 Å². The monoisotopic (exact) mass is 562 g/mol. The van der Waals surface area contributed by atoms with Crippen LogP contribution in [0.3, 0.4) is 0 Å². The molecule has 204 valence electrons. The van der Waals surface area contributed by atoms with Gasteiger partial charge >= 0.3 is 0 Å². The number of para-hydroxylation sites is 1. The Balaban J connectivity index is 1.49. The molecular weight excluding hydrogens is 536 g/mol. The molecule has 0 spiro atoms. The molecule has 3 heterocycles. The summed E-state index contributed by atoms with van der Waals surface area (Å²) in [4.78, 5) is 33.4. The predicted molar refractivity (Wildman–Crippen MR) is 159 cm³/mol. The summed E-state index contributed by atoms with van der Waals surface area (Å²) in [6.07, 6.45) is 3.21. The lowest BCUT2D eigenvalue weighted by atomic mass is 9.99. The highest BCUT2D eigenvalue weighted by atomic mass is 32.1. The minimum atomic E-state index is -0.673. The lowest BCUT2D eigenvalue weighted by Gasteiger charge is -2.30. The first kappa shape index (κ1) is 27.2. The second-order valence-electron chi connectivity index (χ2n) is 9.18. The highest BCUT2D eigenvalue weighted by molar-refractivity contribution is 7.11. The quantitative estimate of drug-likeness (QED) is 0.297. The number of rotatable bonds is 6. The molecule has 0 unspecified atom stereocenters. The molecule has 11 heteroatoms. The summed E-state index contributed by atoms with van der Waals surface area (Å²) in [5.41, 5.74) is 9.15. The third-order valence-corrected chi connectivity index (χ3v) is 7.07. The van der Waals surface area contributed by atoms with Gasteiger partial charge in [-0.2, -0.15) is 0 Å². The van der Waals surface area contributed by atoms with Crippen LogP contribution in [-0.4, -0.2) is 42.7 Å². The Kier molecular flexibility index (Phi) is 7.58. The molecule has 0 aliphatic carbocycles. The average Bonchev–Trinajstić information content (AvgIpc) is 3.53. The van der Waals surface area contributed by atoms with Gasteiger partial charge in [-0.1, -0.05) is 54.2 Å². The molecule has 5 aromatic rings. The first-order chi connectivity index (χ1) is 19.7. The van der Waals surface area contributed by atoms with Crippen LogP contribution in [0.2, 0.25) is 0 Å². The first-order valence-corrected chi connectivity index (χ1v) is 13.5. The predicted octanol–water partition coefficient (Wildman–Crippen LogP) is 4.16. The molecule has 3 aromatic heterocycles. The molecule has 0 saturated heterocycles. The van der Waals surface area contributed by atoms with E-state index in [9.17, 15) is 9.59 Å². The van der Waals surface area contributed by atoms with Gasteiger partial charge in [-0.05, 0) is 56.5 Å². The Hall–Kier alpha value is -5.34. The number of benzene rings is 2.